The number of anilines is 1. The Morgan fingerprint density at radius 2 is 2.67 bits per heavy atom. The highest BCUT2D eigenvalue weighted by Crippen LogP contribution is 2.08. The number of hydrogen-bond acceptors (Lipinski definition) is 5. The molecule has 0 aliphatic rings. The monoisotopic (exact) mass is 143 g/mol. The van der Waals surface area contributed by atoms with Crippen molar-refractivity contribution in [1.29, 1.82) is 0 Å². The number of rotatable bonds is 1. The predicted octanol–water partition coefficient (Wildman–Crippen LogP) is 0.533. The topological polar surface area (TPSA) is 71.5 Å². The molecule has 5 heteroatoms. The largest absolute Gasteiger partial charge is 0.411 e. The number of aromatic nitrogens is 1. The molecular formula is C4H5N3OS. The van der Waals surface area contributed by atoms with Gasteiger partial charge in [0.25, 0.3) is 0 Å². The average Bonchev–Trinajstić information content (AvgIpc) is 2.17. The van der Waals surface area contributed by atoms with Gasteiger partial charge < -0.3 is 10.9 Å². The summed E-state index contributed by atoms with van der Waals surface area (Å²) in [5.41, 5.74) is 5.86. The van der Waals surface area contributed by atoms with Gasteiger partial charge in [0.2, 0.25) is 0 Å². The first kappa shape index (κ1) is 6.03. The Kier molecular flexibility index (Phi) is 1.64. The van der Waals surface area contributed by atoms with E-state index in [9.17, 15) is 0 Å². The van der Waals surface area contributed by atoms with Crippen LogP contribution in [0.2, 0.25) is 0 Å². The zero-order chi connectivity index (χ0) is 6.69. The lowest BCUT2D eigenvalue weighted by Crippen LogP contribution is -1.84. The van der Waals surface area contributed by atoms with Crippen LogP contribution in [0.15, 0.2) is 10.5 Å². The van der Waals surface area contributed by atoms with Crippen molar-refractivity contribution in [3.05, 3.63) is 11.1 Å². The Morgan fingerprint density at radius 1 is 1.89 bits per heavy atom. The molecular weight excluding hydrogens is 138 g/mol. The minimum Gasteiger partial charge on any atom is -0.411 e. The fourth-order valence-corrected chi connectivity index (χ4v) is 0.932. The van der Waals surface area contributed by atoms with E-state index in [4.69, 9.17) is 10.9 Å². The maximum Gasteiger partial charge on any atom is 0.180 e. The highest BCUT2D eigenvalue weighted by Gasteiger charge is 1.92. The Morgan fingerprint density at radius 3 is 3.11 bits per heavy atom. The number of nitrogens with zero attached hydrogens (tertiary/aromatic N) is 2. The molecule has 9 heavy (non-hydrogen) atoms. The van der Waals surface area contributed by atoms with Gasteiger partial charge in [-0.3, -0.25) is 0 Å². The Hall–Kier alpha value is -1.10. The zero-order valence-electron chi connectivity index (χ0n) is 4.48. The number of hydrogen-bond donors (Lipinski definition) is 2. The highest BCUT2D eigenvalue weighted by atomic mass is 32.1. The summed E-state index contributed by atoms with van der Waals surface area (Å²) < 4.78 is 0. The number of thiazole rings is 1. The third-order valence-electron chi connectivity index (χ3n) is 0.730. The highest BCUT2D eigenvalue weighted by molar-refractivity contribution is 7.13. The van der Waals surface area contributed by atoms with Crippen LogP contribution in [0.25, 0.3) is 0 Å². The summed E-state index contributed by atoms with van der Waals surface area (Å²) in [5, 5.41) is 13.0. The van der Waals surface area contributed by atoms with Crippen molar-refractivity contribution in [3.63, 3.8) is 0 Å². The third kappa shape index (κ3) is 1.39. The second-order valence-electron chi connectivity index (χ2n) is 1.36. The molecule has 1 aromatic rings. The van der Waals surface area contributed by atoms with Crippen molar-refractivity contribution in [2.75, 3.05) is 5.73 Å². The molecule has 1 aromatic heterocycles. The standard InChI is InChI=1S/C4H5N3OS/c5-4-7-3(1-6-8)2-9-4/h1-2,8H,(H2,5,7)/b6-1+. The lowest BCUT2D eigenvalue weighted by Gasteiger charge is -1.75. The van der Waals surface area contributed by atoms with Crippen LogP contribution < -0.4 is 5.73 Å². The van der Waals surface area contributed by atoms with E-state index in [1.807, 2.05) is 0 Å². The van der Waals surface area contributed by atoms with Gasteiger partial charge in [-0.2, -0.15) is 0 Å². The summed E-state index contributed by atoms with van der Waals surface area (Å²) in [4.78, 5) is 3.79. The van der Waals surface area contributed by atoms with Gasteiger partial charge in [-0.15, -0.1) is 11.3 Å². The Labute approximate surface area is 55.6 Å². The van der Waals surface area contributed by atoms with E-state index >= 15 is 0 Å². The number of nitrogens with two attached hydrogens (primary N) is 1. The minimum absolute atomic E-state index is 0.477. The molecule has 0 aliphatic heterocycles. The van der Waals surface area contributed by atoms with E-state index < -0.39 is 0 Å². The van der Waals surface area contributed by atoms with Crippen LogP contribution in [0, 0.1) is 0 Å². The fourth-order valence-electron chi connectivity index (χ4n) is 0.419. The molecule has 0 saturated carbocycles. The molecule has 48 valence electrons. The molecule has 4 nitrogen and oxygen atoms in total. The summed E-state index contributed by atoms with van der Waals surface area (Å²) in [6.07, 6.45) is 1.23. The molecule has 0 atom stereocenters. The summed E-state index contributed by atoms with van der Waals surface area (Å²) in [6, 6.07) is 0. The molecule has 0 aliphatic carbocycles. The first-order chi connectivity index (χ1) is 4.33. The SMILES string of the molecule is Nc1nc(/C=N/O)cs1. The summed E-state index contributed by atoms with van der Waals surface area (Å²) in [5.74, 6) is 0. The lowest BCUT2D eigenvalue weighted by atomic mass is 10.6. The van der Waals surface area contributed by atoms with Crippen LogP contribution >= 0.6 is 11.3 Å². The first-order valence-corrected chi connectivity index (χ1v) is 3.09. The maximum absolute atomic E-state index is 8.02. The van der Waals surface area contributed by atoms with E-state index in [0.29, 0.717) is 10.8 Å². The molecule has 1 rings (SSSR count). The van der Waals surface area contributed by atoms with Gasteiger partial charge in [0, 0.05) is 5.38 Å². The lowest BCUT2D eigenvalue weighted by molar-refractivity contribution is 0.321. The quantitative estimate of drug-likeness (QED) is 0.342. The van der Waals surface area contributed by atoms with Crippen molar-refractivity contribution in [3.8, 4) is 0 Å². The minimum atomic E-state index is 0.477. The fraction of sp³-hybridized carbons (Fsp3) is 0. The maximum atomic E-state index is 8.02. The van der Waals surface area contributed by atoms with Gasteiger partial charge in [0.1, 0.15) is 0 Å². The van der Waals surface area contributed by atoms with Crippen LogP contribution in [0.3, 0.4) is 0 Å². The van der Waals surface area contributed by atoms with Crippen LogP contribution in [-0.2, 0) is 0 Å². The normalized spacial score (nSPS) is 10.7. The van der Waals surface area contributed by atoms with E-state index in [2.05, 4.69) is 10.1 Å². The second-order valence-corrected chi connectivity index (χ2v) is 2.24. The van der Waals surface area contributed by atoms with Crippen LogP contribution in [0.4, 0.5) is 5.13 Å². The van der Waals surface area contributed by atoms with Gasteiger partial charge in [-0.05, 0) is 0 Å². The molecule has 0 aromatic carbocycles. The van der Waals surface area contributed by atoms with Crippen LogP contribution in [0.5, 0.6) is 0 Å². The smallest absolute Gasteiger partial charge is 0.180 e. The molecule has 0 unspecified atom stereocenters. The number of oxime groups is 1. The molecule has 0 fully saturated rings. The molecule has 0 amide bonds. The van der Waals surface area contributed by atoms with Gasteiger partial charge in [-0.25, -0.2) is 4.98 Å². The van der Waals surface area contributed by atoms with Gasteiger partial charge in [0.15, 0.2) is 5.13 Å². The summed E-state index contributed by atoms with van der Waals surface area (Å²) in [7, 11) is 0. The summed E-state index contributed by atoms with van der Waals surface area (Å²) in [6.45, 7) is 0. The molecule has 0 bridgehead atoms. The van der Waals surface area contributed by atoms with Crippen molar-refractivity contribution >= 4 is 22.7 Å². The van der Waals surface area contributed by atoms with Crippen molar-refractivity contribution in [2.24, 2.45) is 5.16 Å². The van der Waals surface area contributed by atoms with Crippen molar-refractivity contribution in [1.82, 2.24) is 4.98 Å². The number of nitrogen functional groups attached to an aromatic ring is 1. The predicted molar refractivity (Wildman–Crippen MR) is 35.9 cm³/mol. The van der Waals surface area contributed by atoms with E-state index in [1.165, 1.54) is 17.6 Å². The molecule has 1 heterocycles. The van der Waals surface area contributed by atoms with E-state index in [1.54, 1.807) is 5.38 Å². The Bertz CT molecular complexity index is 219. The van der Waals surface area contributed by atoms with Crippen molar-refractivity contribution in [2.45, 2.75) is 0 Å². The molecule has 0 saturated heterocycles. The molecule has 0 spiro atoms. The van der Waals surface area contributed by atoms with Crippen LogP contribution in [-0.4, -0.2) is 16.4 Å². The third-order valence-corrected chi connectivity index (χ3v) is 1.42. The van der Waals surface area contributed by atoms with Crippen LogP contribution in [0.1, 0.15) is 5.69 Å². The van der Waals surface area contributed by atoms with Gasteiger partial charge >= 0.3 is 0 Å². The van der Waals surface area contributed by atoms with Gasteiger partial charge in [0.05, 0.1) is 11.9 Å². The average molecular weight is 143 g/mol. The van der Waals surface area contributed by atoms with E-state index in [0.717, 1.165) is 0 Å². The molecule has 3 N–H and O–H groups in total. The van der Waals surface area contributed by atoms with Gasteiger partial charge in [-0.1, -0.05) is 5.16 Å². The van der Waals surface area contributed by atoms with Crippen molar-refractivity contribution < 1.29 is 5.21 Å². The zero-order valence-corrected chi connectivity index (χ0v) is 5.30. The second kappa shape index (κ2) is 2.45. The van der Waals surface area contributed by atoms with E-state index in [-0.39, 0.29) is 0 Å². The summed E-state index contributed by atoms with van der Waals surface area (Å²) >= 11 is 1.31. The first-order valence-electron chi connectivity index (χ1n) is 2.21. The molecule has 0 radical (unpaired) electrons. The Balaban J connectivity index is 2.85.